The van der Waals surface area contributed by atoms with E-state index in [1.54, 1.807) is 6.07 Å². The van der Waals surface area contributed by atoms with Gasteiger partial charge in [-0.05, 0) is 36.8 Å². The number of aromatic nitrogens is 2. The van der Waals surface area contributed by atoms with Crippen LogP contribution in [-0.4, -0.2) is 16.5 Å². The topological polar surface area (TPSA) is 64.5 Å². The smallest absolute Gasteiger partial charge is 0.124 e. The molecule has 3 rings (SSSR count). The van der Waals surface area contributed by atoms with Gasteiger partial charge in [-0.25, -0.2) is 9.37 Å². The van der Waals surface area contributed by atoms with Crippen LogP contribution in [0.4, 0.5) is 10.1 Å². The highest BCUT2D eigenvalue weighted by Gasteiger charge is 2.04. The van der Waals surface area contributed by atoms with E-state index in [0.717, 1.165) is 29.7 Å². The molecule has 0 aliphatic carbocycles. The Balaban J connectivity index is 1.56. The summed E-state index contributed by atoms with van der Waals surface area (Å²) in [6.45, 7) is 0.692. The van der Waals surface area contributed by atoms with E-state index < -0.39 is 5.82 Å². The van der Waals surface area contributed by atoms with Crippen LogP contribution in [0, 0.1) is 17.1 Å². The maximum absolute atomic E-state index is 13.1. The van der Waals surface area contributed by atoms with Crippen molar-refractivity contribution in [2.24, 2.45) is 0 Å². The molecule has 0 spiro atoms. The summed E-state index contributed by atoms with van der Waals surface area (Å²) in [5.74, 6) is 0.548. The Kier molecular flexibility index (Phi) is 4.01. The number of halogens is 1. The summed E-state index contributed by atoms with van der Waals surface area (Å²) >= 11 is 0. The van der Waals surface area contributed by atoms with E-state index in [2.05, 4.69) is 15.3 Å². The fourth-order valence-corrected chi connectivity index (χ4v) is 2.37. The lowest BCUT2D eigenvalue weighted by Crippen LogP contribution is -2.05. The molecule has 1 aromatic heterocycles. The van der Waals surface area contributed by atoms with E-state index in [1.165, 1.54) is 12.1 Å². The molecule has 2 N–H and O–H groups in total. The second-order valence-electron chi connectivity index (χ2n) is 5.03. The molecule has 1 heterocycles. The Morgan fingerprint density at radius 3 is 2.91 bits per heavy atom. The number of para-hydroxylation sites is 2. The number of rotatable bonds is 5. The molecule has 0 bridgehead atoms. The van der Waals surface area contributed by atoms with Crippen molar-refractivity contribution >= 4 is 16.7 Å². The first kappa shape index (κ1) is 14.1. The molecule has 0 radical (unpaired) electrons. The highest BCUT2D eigenvalue weighted by molar-refractivity contribution is 5.74. The lowest BCUT2D eigenvalue weighted by molar-refractivity contribution is 0.627. The van der Waals surface area contributed by atoms with Crippen molar-refractivity contribution in [2.45, 2.75) is 12.8 Å². The van der Waals surface area contributed by atoms with E-state index in [4.69, 9.17) is 5.26 Å². The predicted octanol–water partition coefficient (Wildman–Crippen LogP) is 3.62. The maximum atomic E-state index is 13.1. The van der Waals surface area contributed by atoms with Gasteiger partial charge in [-0.1, -0.05) is 12.1 Å². The number of nitrogens with one attached hydrogen (secondary N) is 2. The van der Waals surface area contributed by atoms with Crippen molar-refractivity contribution in [3.05, 3.63) is 59.7 Å². The number of imidazole rings is 1. The SMILES string of the molecule is N#Cc1cc(F)ccc1NCCCc1nc2ccccc2[nH]1. The molecule has 3 aromatic rings. The van der Waals surface area contributed by atoms with Gasteiger partial charge < -0.3 is 10.3 Å². The molecule has 0 unspecified atom stereocenters. The molecule has 5 heteroatoms. The van der Waals surface area contributed by atoms with Crippen LogP contribution in [0.5, 0.6) is 0 Å². The molecule has 0 saturated carbocycles. The Morgan fingerprint density at radius 1 is 1.23 bits per heavy atom. The fourth-order valence-electron chi connectivity index (χ4n) is 2.37. The van der Waals surface area contributed by atoms with Crippen LogP contribution in [0.1, 0.15) is 17.8 Å². The van der Waals surface area contributed by atoms with E-state index in [0.29, 0.717) is 17.8 Å². The number of aromatic amines is 1. The zero-order chi connectivity index (χ0) is 15.4. The van der Waals surface area contributed by atoms with Crippen molar-refractivity contribution in [3.63, 3.8) is 0 Å². The summed E-state index contributed by atoms with van der Waals surface area (Å²) in [5.41, 5.74) is 2.99. The molecule has 4 nitrogen and oxygen atoms in total. The first-order valence-electron chi connectivity index (χ1n) is 7.13. The molecule has 0 amide bonds. The summed E-state index contributed by atoms with van der Waals surface area (Å²) in [5, 5.41) is 12.2. The number of nitrogens with zero attached hydrogens (tertiary/aromatic N) is 2. The number of hydrogen-bond donors (Lipinski definition) is 2. The summed E-state index contributed by atoms with van der Waals surface area (Å²) in [7, 11) is 0. The third kappa shape index (κ3) is 3.07. The van der Waals surface area contributed by atoms with E-state index in [9.17, 15) is 4.39 Å². The summed E-state index contributed by atoms with van der Waals surface area (Å²) in [4.78, 5) is 7.80. The maximum Gasteiger partial charge on any atom is 0.124 e. The fraction of sp³-hybridized carbons (Fsp3) is 0.176. The first-order chi connectivity index (χ1) is 10.8. The number of H-pyrrole nitrogens is 1. The Labute approximate surface area is 127 Å². The summed E-state index contributed by atoms with van der Waals surface area (Å²) in [6, 6.07) is 14.1. The highest BCUT2D eigenvalue weighted by Crippen LogP contribution is 2.16. The van der Waals surface area contributed by atoms with Gasteiger partial charge in [-0.2, -0.15) is 5.26 Å². The molecule has 0 aliphatic rings. The number of hydrogen-bond acceptors (Lipinski definition) is 3. The van der Waals surface area contributed by atoms with Gasteiger partial charge in [0.05, 0.1) is 22.3 Å². The number of anilines is 1. The predicted molar refractivity (Wildman–Crippen MR) is 84.0 cm³/mol. The standard InChI is InChI=1S/C17H15FN4/c18-13-7-8-14(12(10-13)11-19)20-9-3-6-17-21-15-4-1-2-5-16(15)22-17/h1-2,4-5,7-8,10,20H,3,6,9H2,(H,21,22). The molecule has 110 valence electrons. The third-order valence-corrected chi connectivity index (χ3v) is 3.45. The molecule has 2 aromatic carbocycles. The van der Waals surface area contributed by atoms with Crippen LogP contribution in [0.25, 0.3) is 11.0 Å². The lowest BCUT2D eigenvalue weighted by Gasteiger charge is -2.07. The van der Waals surface area contributed by atoms with Crippen LogP contribution < -0.4 is 5.32 Å². The number of fused-ring (bicyclic) bond motifs is 1. The Hall–Kier alpha value is -2.87. The Morgan fingerprint density at radius 2 is 2.09 bits per heavy atom. The average Bonchev–Trinajstić information content (AvgIpc) is 2.95. The normalized spacial score (nSPS) is 10.5. The highest BCUT2D eigenvalue weighted by atomic mass is 19.1. The van der Waals surface area contributed by atoms with Gasteiger partial charge >= 0.3 is 0 Å². The third-order valence-electron chi connectivity index (χ3n) is 3.45. The summed E-state index contributed by atoms with van der Waals surface area (Å²) in [6.07, 6.45) is 1.67. The second kappa shape index (κ2) is 6.27. The number of aryl methyl sites for hydroxylation is 1. The van der Waals surface area contributed by atoms with Gasteiger partial charge in [-0.15, -0.1) is 0 Å². The minimum absolute atomic E-state index is 0.323. The van der Waals surface area contributed by atoms with Crippen LogP contribution in [-0.2, 0) is 6.42 Å². The summed E-state index contributed by atoms with van der Waals surface area (Å²) < 4.78 is 13.1. The van der Waals surface area contributed by atoms with Crippen molar-refractivity contribution in [3.8, 4) is 6.07 Å². The van der Waals surface area contributed by atoms with Gasteiger partial charge in [0, 0.05) is 13.0 Å². The number of benzene rings is 2. The van der Waals surface area contributed by atoms with E-state index >= 15 is 0 Å². The average molecular weight is 294 g/mol. The zero-order valence-corrected chi connectivity index (χ0v) is 11.9. The second-order valence-corrected chi connectivity index (χ2v) is 5.03. The van der Waals surface area contributed by atoms with Crippen LogP contribution in [0.2, 0.25) is 0 Å². The monoisotopic (exact) mass is 294 g/mol. The minimum Gasteiger partial charge on any atom is -0.384 e. The molecule has 0 fully saturated rings. The zero-order valence-electron chi connectivity index (χ0n) is 11.9. The molecular weight excluding hydrogens is 279 g/mol. The van der Waals surface area contributed by atoms with Gasteiger partial charge in [0.2, 0.25) is 0 Å². The molecule has 0 atom stereocenters. The molecular formula is C17H15FN4. The van der Waals surface area contributed by atoms with Crippen LogP contribution in [0.15, 0.2) is 42.5 Å². The van der Waals surface area contributed by atoms with Gasteiger partial charge in [0.15, 0.2) is 0 Å². The molecule has 22 heavy (non-hydrogen) atoms. The van der Waals surface area contributed by atoms with Crippen molar-refractivity contribution < 1.29 is 4.39 Å². The largest absolute Gasteiger partial charge is 0.384 e. The van der Waals surface area contributed by atoms with E-state index in [1.807, 2.05) is 30.3 Å². The van der Waals surface area contributed by atoms with Crippen molar-refractivity contribution in [1.29, 1.82) is 5.26 Å². The van der Waals surface area contributed by atoms with Crippen molar-refractivity contribution in [1.82, 2.24) is 9.97 Å². The number of nitriles is 1. The lowest BCUT2D eigenvalue weighted by atomic mass is 10.2. The van der Waals surface area contributed by atoms with Gasteiger partial charge in [0.25, 0.3) is 0 Å². The first-order valence-corrected chi connectivity index (χ1v) is 7.13. The molecule has 0 saturated heterocycles. The Bertz CT molecular complexity index is 799. The van der Waals surface area contributed by atoms with E-state index in [-0.39, 0.29) is 0 Å². The van der Waals surface area contributed by atoms with Gasteiger partial charge in [0.1, 0.15) is 17.7 Å². The van der Waals surface area contributed by atoms with Gasteiger partial charge in [-0.3, -0.25) is 0 Å². The quantitative estimate of drug-likeness (QED) is 0.706. The minimum atomic E-state index is -0.399. The van der Waals surface area contributed by atoms with Crippen LogP contribution >= 0.6 is 0 Å². The van der Waals surface area contributed by atoms with Crippen LogP contribution in [0.3, 0.4) is 0 Å². The van der Waals surface area contributed by atoms with Crippen molar-refractivity contribution in [2.75, 3.05) is 11.9 Å². The molecule has 0 aliphatic heterocycles.